The fourth-order valence-corrected chi connectivity index (χ4v) is 7.61. The maximum Gasteiger partial charge on any atom is 0.190 e. The highest BCUT2D eigenvalue weighted by molar-refractivity contribution is 5.89. The average Bonchev–Trinajstić information content (AvgIpc) is 2.84. The molecule has 0 spiro atoms. The zero-order valence-electron chi connectivity index (χ0n) is 16.0. The molecule has 0 heterocycles. The maximum absolute atomic E-state index is 12.4. The first-order valence-corrected chi connectivity index (χ1v) is 10.2. The largest absolute Gasteiger partial charge is 0.389 e. The van der Waals surface area contributed by atoms with E-state index in [2.05, 4.69) is 6.92 Å². The number of hydrogen-bond acceptors (Lipinski definition) is 5. The summed E-state index contributed by atoms with van der Waals surface area (Å²) >= 11 is 0. The molecule has 0 saturated heterocycles. The Morgan fingerprint density at radius 3 is 2.46 bits per heavy atom. The lowest BCUT2D eigenvalue weighted by molar-refractivity contribution is -0.230. The Morgan fingerprint density at radius 1 is 1.04 bits per heavy atom. The van der Waals surface area contributed by atoms with Gasteiger partial charge in [0, 0.05) is 18.3 Å². The molecule has 0 aliphatic heterocycles. The molecule has 4 fully saturated rings. The Balaban J connectivity index is 1.71. The Bertz CT molecular complexity index is 646. The Labute approximate surface area is 155 Å². The van der Waals surface area contributed by atoms with Crippen molar-refractivity contribution in [3.8, 4) is 0 Å². The van der Waals surface area contributed by atoms with Gasteiger partial charge in [-0.25, -0.2) is 0 Å². The normalized spacial score (nSPS) is 53.6. The molecule has 26 heavy (non-hydrogen) atoms. The lowest BCUT2D eigenvalue weighted by Gasteiger charge is -2.63. The molecule has 0 radical (unpaired) electrons. The first kappa shape index (κ1) is 18.6. The van der Waals surface area contributed by atoms with Gasteiger partial charge in [-0.15, -0.1) is 0 Å². The molecule has 146 valence electrons. The van der Waals surface area contributed by atoms with Crippen molar-refractivity contribution >= 4 is 11.6 Å². The van der Waals surface area contributed by atoms with Crippen LogP contribution in [0.2, 0.25) is 0 Å². The van der Waals surface area contributed by atoms with Crippen LogP contribution < -0.4 is 0 Å². The van der Waals surface area contributed by atoms with Crippen molar-refractivity contribution in [2.24, 2.45) is 28.6 Å². The second-order valence-electron chi connectivity index (χ2n) is 9.97. The quantitative estimate of drug-likeness (QED) is 0.697. The van der Waals surface area contributed by atoms with Gasteiger partial charge >= 0.3 is 0 Å². The molecule has 4 aliphatic rings. The van der Waals surface area contributed by atoms with Crippen molar-refractivity contribution in [3.63, 3.8) is 0 Å². The maximum atomic E-state index is 12.4. The molecule has 0 aromatic heterocycles. The highest BCUT2D eigenvalue weighted by atomic mass is 16.3. The summed E-state index contributed by atoms with van der Waals surface area (Å²) in [7, 11) is 0. The highest BCUT2D eigenvalue weighted by Gasteiger charge is 2.73. The van der Waals surface area contributed by atoms with Crippen molar-refractivity contribution in [1.82, 2.24) is 0 Å². The van der Waals surface area contributed by atoms with Crippen molar-refractivity contribution < 1.29 is 24.9 Å². The van der Waals surface area contributed by atoms with Gasteiger partial charge in [-0.1, -0.05) is 13.8 Å². The van der Waals surface area contributed by atoms with E-state index in [0.29, 0.717) is 43.3 Å². The van der Waals surface area contributed by atoms with Gasteiger partial charge in [0.15, 0.2) is 5.78 Å². The molecule has 3 N–H and O–H groups in total. The van der Waals surface area contributed by atoms with Crippen molar-refractivity contribution in [3.05, 3.63) is 0 Å². The van der Waals surface area contributed by atoms with E-state index in [1.54, 1.807) is 0 Å². The third kappa shape index (κ3) is 2.03. The smallest absolute Gasteiger partial charge is 0.190 e. The molecule has 5 nitrogen and oxygen atoms in total. The molecule has 7 atom stereocenters. The summed E-state index contributed by atoms with van der Waals surface area (Å²) in [5, 5.41) is 32.4. The van der Waals surface area contributed by atoms with Gasteiger partial charge in [-0.05, 0) is 68.1 Å². The molecule has 0 aromatic carbocycles. The minimum Gasteiger partial charge on any atom is -0.389 e. The highest BCUT2D eigenvalue weighted by Crippen LogP contribution is 2.69. The summed E-state index contributed by atoms with van der Waals surface area (Å²) in [4.78, 5) is 24.3. The van der Waals surface area contributed by atoms with Crippen LogP contribution in [0.1, 0.15) is 71.6 Å². The minimum atomic E-state index is -1.64. The Kier molecular flexibility index (Phi) is 4.01. The van der Waals surface area contributed by atoms with Gasteiger partial charge in [0.25, 0.3) is 0 Å². The lowest BCUT2D eigenvalue weighted by Crippen LogP contribution is -2.66. The Hall–Kier alpha value is -0.780. The van der Waals surface area contributed by atoms with Crippen molar-refractivity contribution in [2.75, 3.05) is 6.61 Å². The predicted molar refractivity (Wildman–Crippen MR) is 95.2 cm³/mol. The molecule has 0 bridgehead atoms. The third-order valence-corrected chi connectivity index (χ3v) is 9.42. The van der Waals surface area contributed by atoms with Crippen LogP contribution in [0.3, 0.4) is 0 Å². The zero-order chi connectivity index (χ0) is 19.0. The Morgan fingerprint density at radius 2 is 1.77 bits per heavy atom. The fraction of sp³-hybridized carbons (Fsp3) is 0.905. The number of aliphatic hydroxyl groups excluding tert-OH is 1. The summed E-state index contributed by atoms with van der Waals surface area (Å²) in [6.07, 6.45) is 6.08. The van der Waals surface area contributed by atoms with E-state index in [1.165, 1.54) is 0 Å². The number of rotatable bonds is 2. The van der Waals surface area contributed by atoms with Crippen LogP contribution in [0.5, 0.6) is 0 Å². The summed E-state index contributed by atoms with van der Waals surface area (Å²) < 4.78 is 0. The average molecular weight is 364 g/mol. The molecular formula is C21H32O5. The predicted octanol–water partition coefficient (Wildman–Crippen LogP) is 2.01. The van der Waals surface area contributed by atoms with E-state index in [0.717, 1.165) is 25.7 Å². The number of hydrogen-bond donors (Lipinski definition) is 3. The van der Waals surface area contributed by atoms with Gasteiger partial charge in [0.05, 0.1) is 5.60 Å². The summed E-state index contributed by atoms with van der Waals surface area (Å²) in [5.74, 6) is 0.596. The molecule has 0 unspecified atom stereocenters. The van der Waals surface area contributed by atoms with Crippen LogP contribution in [-0.4, -0.2) is 44.7 Å². The SMILES string of the molecule is C[C@]12CCC(=O)C[C@@H]1CC[C@@H]1[C@@H]2CC[C@@]2(C)[C@@]1(O)CC[C@]2(O)C(=O)CO. The molecule has 4 aliphatic carbocycles. The number of carbonyl (C=O) groups excluding carboxylic acids is 2. The van der Waals surface area contributed by atoms with E-state index < -0.39 is 29.0 Å². The van der Waals surface area contributed by atoms with Crippen LogP contribution in [0.25, 0.3) is 0 Å². The molecule has 4 rings (SSSR count). The molecule has 0 amide bonds. The van der Waals surface area contributed by atoms with Crippen LogP contribution in [0, 0.1) is 28.6 Å². The number of Topliss-reactive ketones (excluding diaryl/α,β-unsaturated/α-hetero) is 2. The van der Waals surface area contributed by atoms with E-state index >= 15 is 0 Å². The van der Waals surface area contributed by atoms with Crippen LogP contribution >= 0.6 is 0 Å². The summed E-state index contributed by atoms with van der Waals surface area (Å²) in [5.41, 5.74) is -3.56. The molecule has 0 aromatic rings. The second kappa shape index (κ2) is 5.62. The topological polar surface area (TPSA) is 94.8 Å². The van der Waals surface area contributed by atoms with Crippen molar-refractivity contribution in [2.45, 2.75) is 82.8 Å². The van der Waals surface area contributed by atoms with Crippen LogP contribution in [-0.2, 0) is 9.59 Å². The first-order chi connectivity index (χ1) is 12.1. The van der Waals surface area contributed by atoms with Gasteiger partial charge in [-0.3, -0.25) is 9.59 Å². The minimum absolute atomic E-state index is 0.0521. The third-order valence-electron chi connectivity index (χ3n) is 9.42. The van der Waals surface area contributed by atoms with E-state index in [-0.39, 0.29) is 17.8 Å². The fourth-order valence-electron chi connectivity index (χ4n) is 7.61. The van der Waals surface area contributed by atoms with Crippen LogP contribution in [0.15, 0.2) is 0 Å². The van der Waals surface area contributed by atoms with Gasteiger partial charge in [0.2, 0.25) is 0 Å². The van der Waals surface area contributed by atoms with E-state index in [4.69, 9.17) is 0 Å². The lowest BCUT2D eigenvalue weighted by atomic mass is 9.43. The first-order valence-electron chi connectivity index (χ1n) is 10.2. The van der Waals surface area contributed by atoms with Crippen LogP contribution in [0.4, 0.5) is 0 Å². The van der Waals surface area contributed by atoms with E-state index in [1.807, 2.05) is 6.92 Å². The standard InChI is InChI=1S/C21H32O5/c1-18-7-5-14(23)11-13(18)3-4-16-15(18)6-8-19(2)20(16,25)9-10-21(19,26)17(24)12-22/h13,15-16,22,25-26H,3-12H2,1-2H3/t13-,15-,16+,18-,19-,20+,21-/m0/s1. The second-order valence-corrected chi connectivity index (χ2v) is 9.97. The van der Waals surface area contributed by atoms with Gasteiger partial charge in [0.1, 0.15) is 18.0 Å². The number of fused-ring (bicyclic) bond motifs is 5. The molecule has 5 heteroatoms. The number of ketones is 2. The van der Waals surface area contributed by atoms with E-state index in [9.17, 15) is 24.9 Å². The zero-order valence-corrected chi connectivity index (χ0v) is 16.0. The van der Waals surface area contributed by atoms with Gasteiger partial charge < -0.3 is 15.3 Å². The van der Waals surface area contributed by atoms with Gasteiger partial charge in [-0.2, -0.15) is 0 Å². The number of carbonyl (C=O) groups is 2. The molecular weight excluding hydrogens is 332 g/mol. The monoisotopic (exact) mass is 364 g/mol. The summed E-state index contributed by atoms with van der Waals surface area (Å²) in [6.45, 7) is 3.47. The number of aliphatic hydroxyl groups is 3. The molecule has 4 saturated carbocycles. The van der Waals surface area contributed by atoms with Crippen molar-refractivity contribution in [1.29, 1.82) is 0 Å². The summed E-state index contributed by atoms with van der Waals surface area (Å²) in [6, 6.07) is 0.